The molecule has 0 spiro atoms. The van der Waals surface area contributed by atoms with Gasteiger partial charge in [0.05, 0.1) is 0 Å². The molecule has 6 nitrogen and oxygen atoms in total. The van der Waals surface area contributed by atoms with Crippen molar-refractivity contribution in [2.45, 2.75) is 47.0 Å². The van der Waals surface area contributed by atoms with E-state index in [0.717, 1.165) is 12.1 Å². The minimum atomic E-state index is -0.395. The maximum Gasteiger partial charge on any atom is 0.225 e. The van der Waals surface area contributed by atoms with Crippen LogP contribution in [0.5, 0.6) is 0 Å². The number of H-pyrrole nitrogens is 1. The SMILES string of the molecule is CCc1cc(NC(=O)CCCNC(=O)C(C)(C)C)n[nH]1. The topological polar surface area (TPSA) is 86.9 Å². The van der Waals surface area contributed by atoms with E-state index in [1.54, 1.807) is 0 Å². The van der Waals surface area contributed by atoms with Crippen molar-refractivity contribution in [1.82, 2.24) is 15.5 Å². The zero-order valence-electron chi connectivity index (χ0n) is 12.7. The van der Waals surface area contributed by atoms with Gasteiger partial charge in [0.15, 0.2) is 5.82 Å². The normalized spacial score (nSPS) is 11.2. The number of rotatable bonds is 6. The molecular weight excluding hydrogens is 256 g/mol. The number of aromatic nitrogens is 2. The minimum absolute atomic E-state index is 0.00204. The summed E-state index contributed by atoms with van der Waals surface area (Å²) in [6.07, 6.45) is 1.82. The van der Waals surface area contributed by atoms with Crippen molar-refractivity contribution >= 4 is 17.6 Å². The summed E-state index contributed by atoms with van der Waals surface area (Å²) in [5, 5.41) is 12.4. The molecule has 6 heteroatoms. The molecule has 1 heterocycles. The number of amides is 2. The molecule has 20 heavy (non-hydrogen) atoms. The maximum absolute atomic E-state index is 11.7. The molecule has 0 unspecified atom stereocenters. The fourth-order valence-corrected chi connectivity index (χ4v) is 1.53. The van der Waals surface area contributed by atoms with Gasteiger partial charge in [0.1, 0.15) is 0 Å². The Hall–Kier alpha value is -1.85. The highest BCUT2D eigenvalue weighted by atomic mass is 16.2. The summed E-state index contributed by atoms with van der Waals surface area (Å²) in [5.41, 5.74) is 0.589. The lowest BCUT2D eigenvalue weighted by Crippen LogP contribution is -2.35. The molecule has 0 bridgehead atoms. The van der Waals surface area contributed by atoms with Gasteiger partial charge in [-0.2, -0.15) is 5.10 Å². The first-order valence-electron chi connectivity index (χ1n) is 6.95. The molecular formula is C14H24N4O2. The van der Waals surface area contributed by atoms with E-state index in [9.17, 15) is 9.59 Å². The zero-order chi connectivity index (χ0) is 15.2. The molecule has 112 valence electrons. The second-order valence-corrected chi connectivity index (χ2v) is 5.79. The second kappa shape index (κ2) is 7.07. The Morgan fingerprint density at radius 3 is 2.60 bits per heavy atom. The number of nitrogens with one attached hydrogen (secondary N) is 3. The van der Waals surface area contributed by atoms with Crippen molar-refractivity contribution in [2.24, 2.45) is 5.41 Å². The Kier molecular flexibility index (Phi) is 5.73. The van der Waals surface area contributed by atoms with E-state index in [2.05, 4.69) is 20.8 Å². The summed E-state index contributed by atoms with van der Waals surface area (Å²) in [4.78, 5) is 23.3. The molecule has 3 N–H and O–H groups in total. The summed E-state index contributed by atoms with van der Waals surface area (Å²) in [6, 6.07) is 1.82. The molecule has 0 atom stereocenters. The number of carbonyl (C=O) groups excluding carboxylic acids is 2. The van der Waals surface area contributed by atoms with E-state index in [1.807, 2.05) is 33.8 Å². The quantitative estimate of drug-likeness (QED) is 0.695. The number of nitrogens with zero attached hydrogens (tertiary/aromatic N) is 1. The van der Waals surface area contributed by atoms with Gasteiger partial charge in [0.25, 0.3) is 0 Å². The molecule has 0 aliphatic carbocycles. The molecule has 1 rings (SSSR count). The molecule has 0 saturated carbocycles. The van der Waals surface area contributed by atoms with Gasteiger partial charge in [0.2, 0.25) is 11.8 Å². The van der Waals surface area contributed by atoms with E-state index in [4.69, 9.17) is 0 Å². The Balaban J connectivity index is 2.22. The largest absolute Gasteiger partial charge is 0.356 e. The first kappa shape index (κ1) is 16.2. The zero-order valence-corrected chi connectivity index (χ0v) is 12.7. The van der Waals surface area contributed by atoms with Crippen molar-refractivity contribution < 1.29 is 9.59 Å². The molecule has 0 aliphatic heterocycles. The molecule has 1 aromatic rings. The molecule has 0 aliphatic rings. The van der Waals surface area contributed by atoms with Crippen molar-refractivity contribution in [3.63, 3.8) is 0 Å². The van der Waals surface area contributed by atoms with Crippen LogP contribution in [-0.4, -0.2) is 28.6 Å². The van der Waals surface area contributed by atoms with Crippen LogP contribution in [0.15, 0.2) is 6.07 Å². The predicted molar refractivity (Wildman–Crippen MR) is 78.3 cm³/mol. The first-order valence-corrected chi connectivity index (χ1v) is 6.95. The molecule has 0 fully saturated rings. The van der Waals surface area contributed by atoms with Crippen LogP contribution in [0.3, 0.4) is 0 Å². The van der Waals surface area contributed by atoms with Crippen molar-refractivity contribution in [2.75, 3.05) is 11.9 Å². The van der Waals surface area contributed by atoms with Gasteiger partial charge in [-0.05, 0) is 12.8 Å². The first-order chi connectivity index (χ1) is 9.32. The smallest absolute Gasteiger partial charge is 0.225 e. The van der Waals surface area contributed by atoms with E-state index in [0.29, 0.717) is 25.2 Å². The van der Waals surface area contributed by atoms with Crippen LogP contribution in [0.1, 0.15) is 46.2 Å². The molecule has 0 saturated heterocycles. The fraction of sp³-hybridized carbons (Fsp3) is 0.643. The van der Waals surface area contributed by atoms with E-state index in [1.165, 1.54) is 0 Å². The Morgan fingerprint density at radius 2 is 2.05 bits per heavy atom. The van der Waals surface area contributed by atoms with Gasteiger partial charge in [-0.15, -0.1) is 0 Å². The standard InChI is InChI=1S/C14H24N4O2/c1-5-10-9-11(18-17-10)16-12(19)7-6-8-15-13(20)14(2,3)4/h9H,5-8H2,1-4H3,(H,15,20)(H2,16,17,18,19). The second-order valence-electron chi connectivity index (χ2n) is 5.79. The van der Waals surface area contributed by atoms with E-state index in [-0.39, 0.29) is 11.8 Å². The number of carbonyl (C=O) groups is 2. The molecule has 0 aromatic carbocycles. The van der Waals surface area contributed by atoms with Crippen LogP contribution in [0, 0.1) is 5.41 Å². The van der Waals surface area contributed by atoms with Gasteiger partial charge in [-0.3, -0.25) is 14.7 Å². The molecule has 0 radical (unpaired) electrons. The van der Waals surface area contributed by atoms with Crippen molar-refractivity contribution in [1.29, 1.82) is 0 Å². The molecule has 1 aromatic heterocycles. The number of anilines is 1. The van der Waals surface area contributed by atoms with Gasteiger partial charge >= 0.3 is 0 Å². The van der Waals surface area contributed by atoms with Gasteiger partial charge in [-0.1, -0.05) is 27.7 Å². The van der Waals surface area contributed by atoms with E-state index < -0.39 is 5.41 Å². The van der Waals surface area contributed by atoms with Crippen LogP contribution >= 0.6 is 0 Å². The number of aryl methyl sites for hydroxylation is 1. The van der Waals surface area contributed by atoms with E-state index >= 15 is 0 Å². The van der Waals surface area contributed by atoms with Crippen LogP contribution in [0.4, 0.5) is 5.82 Å². The Labute approximate surface area is 119 Å². The highest BCUT2D eigenvalue weighted by molar-refractivity contribution is 5.89. The van der Waals surface area contributed by atoms with Crippen LogP contribution < -0.4 is 10.6 Å². The Bertz CT molecular complexity index is 460. The average molecular weight is 280 g/mol. The summed E-state index contributed by atoms with van der Waals surface area (Å²) >= 11 is 0. The summed E-state index contributed by atoms with van der Waals surface area (Å²) in [6.45, 7) is 8.09. The summed E-state index contributed by atoms with van der Waals surface area (Å²) < 4.78 is 0. The van der Waals surface area contributed by atoms with Crippen molar-refractivity contribution in [3.05, 3.63) is 11.8 Å². The number of hydrogen-bond donors (Lipinski definition) is 3. The monoisotopic (exact) mass is 280 g/mol. The lowest BCUT2D eigenvalue weighted by Gasteiger charge is -2.17. The van der Waals surface area contributed by atoms with Gasteiger partial charge < -0.3 is 10.6 Å². The number of hydrogen-bond acceptors (Lipinski definition) is 3. The Morgan fingerprint density at radius 1 is 1.35 bits per heavy atom. The molecule has 2 amide bonds. The van der Waals surface area contributed by atoms with Gasteiger partial charge in [0, 0.05) is 30.1 Å². The lowest BCUT2D eigenvalue weighted by molar-refractivity contribution is -0.128. The fourth-order valence-electron chi connectivity index (χ4n) is 1.53. The summed E-state index contributed by atoms with van der Waals surface area (Å²) in [7, 11) is 0. The van der Waals surface area contributed by atoms with Crippen LogP contribution in [0.2, 0.25) is 0 Å². The average Bonchev–Trinajstić information content (AvgIpc) is 2.80. The van der Waals surface area contributed by atoms with Crippen LogP contribution in [0.25, 0.3) is 0 Å². The lowest BCUT2D eigenvalue weighted by atomic mass is 9.96. The predicted octanol–water partition coefficient (Wildman–Crippen LogP) is 1.85. The number of aromatic amines is 1. The van der Waals surface area contributed by atoms with Gasteiger partial charge in [-0.25, -0.2) is 0 Å². The third kappa shape index (κ3) is 5.42. The minimum Gasteiger partial charge on any atom is -0.356 e. The summed E-state index contributed by atoms with van der Waals surface area (Å²) in [5.74, 6) is 0.451. The third-order valence-electron chi connectivity index (χ3n) is 2.83. The highest BCUT2D eigenvalue weighted by Gasteiger charge is 2.20. The van der Waals surface area contributed by atoms with Crippen LogP contribution in [-0.2, 0) is 16.0 Å². The third-order valence-corrected chi connectivity index (χ3v) is 2.83. The van der Waals surface area contributed by atoms with Crippen molar-refractivity contribution in [3.8, 4) is 0 Å². The maximum atomic E-state index is 11.7. The highest BCUT2D eigenvalue weighted by Crippen LogP contribution is 2.12.